The molecule has 0 bridgehead atoms. The lowest BCUT2D eigenvalue weighted by atomic mass is 10.1. The van der Waals surface area contributed by atoms with E-state index in [4.69, 9.17) is 0 Å². The Bertz CT molecular complexity index is 1170. The van der Waals surface area contributed by atoms with Crippen LogP contribution in [-0.4, -0.2) is 15.3 Å². The number of rotatable bonds is 3. The molecule has 2 heterocycles. The number of aromatic nitrogens is 2. The highest BCUT2D eigenvalue weighted by atomic mass is 19.1. The van der Waals surface area contributed by atoms with Crippen molar-refractivity contribution in [2.75, 3.05) is 5.32 Å². The van der Waals surface area contributed by atoms with E-state index in [1.54, 1.807) is 22.7 Å². The fraction of sp³-hybridized carbons (Fsp3) is 0.0476. The van der Waals surface area contributed by atoms with Gasteiger partial charge in [-0.1, -0.05) is 18.2 Å². The molecule has 1 amide bonds. The van der Waals surface area contributed by atoms with Crippen molar-refractivity contribution in [3.05, 3.63) is 89.6 Å². The van der Waals surface area contributed by atoms with Gasteiger partial charge < -0.3 is 5.32 Å². The van der Waals surface area contributed by atoms with Gasteiger partial charge in [-0.25, -0.2) is 13.8 Å². The van der Waals surface area contributed by atoms with Crippen molar-refractivity contribution in [1.29, 1.82) is 0 Å². The molecule has 0 fully saturated rings. The number of anilines is 1. The van der Waals surface area contributed by atoms with Gasteiger partial charge in [0, 0.05) is 17.3 Å². The summed E-state index contributed by atoms with van der Waals surface area (Å²) in [7, 11) is 0. The van der Waals surface area contributed by atoms with Crippen LogP contribution in [0, 0.1) is 18.6 Å². The fourth-order valence-corrected chi connectivity index (χ4v) is 2.91. The third-order valence-corrected chi connectivity index (χ3v) is 4.20. The van der Waals surface area contributed by atoms with Crippen molar-refractivity contribution < 1.29 is 13.6 Å². The van der Waals surface area contributed by atoms with Gasteiger partial charge in [-0.3, -0.25) is 9.20 Å². The van der Waals surface area contributed by atoms with E-state index in [0.29, 0.717) is 22.7 Å². The maximum Gasteiger partial charge on any atom is 0.256 e. The molecule has 4 rings (SSSR count). The zero-order valence-corrected chi connectivity index (χ0v) is 14.4. The molecule has 0 radical (unpaired) electrons. The molecule has 134 valence electrons. The molecular weight excluding hydrogens is 348 g/mol. The molecule has 6 heteroatoms. The van der Waals surface area contributed by atoms with Crippen LogP contribution in [0.4, 0.5) is 14.6 Å². The Labute approximate surface area is 154 Å². The van der Waals surface area contributed by atoms with E-state index in [-0.39, 0.29) is 5.56 Å². The van der Waals surface area contributed by atoms with Crippen LogP contribution in [-0.2, 0) is 0 Å². The summed E-state index contributed by atoms with van der Waals surface area (Å²) in [5, 5.41) is 2.79. The predicted molar refractivity (Wildman–Crippen MR) is 99.7 cm³/mol. The van der Waals surface area contributed by atoms with Crippen LogP contribution in [0.25, 0.3) is 16.9 Å². The van der Waals surface area contributed by atoms with Gasteiger partial charge in [-0.15, -0.1) is 0 Å². The number of fused-ring (bicyclic) bond motifs is 1. The number of nitrogens with zero attached hydrogens (tertiary/aromatic N) is 2. The van der Waals surface area contributed by atoms with Gasteiger partial charge in [0.2, 0.25) is 0 Å². The monoisotopic (exact) mass is 363 g/mol. The Morgan fingerprint density at radius 2 is 1.74 bits per heavy atom. The lowest BCUT2D eigenvalue weighted by molar-refractivity contribution is 0.102. The molecule has 0 unspecified atom stereocenters. The van der Waals surface area contributed by atoms with Gasteiger partial charge in [-0.2, -0.15) is 0 Å². The SMILES string of the molecule is Cc1ccn2c(NC(=O)c3cccc(F)c3)c(-c3cccc(F)c3)nc2c1. The number of carbonyl (C=O) groups excluding carboxylic acids is 1. The van der Waals surface area contributed by atoms with E-state index in [9.17, 15) is 13.6 Å². The summed E-state index contributed by atoms with van der Waals surface area (Å²) < 4.78 is 28.9. The van der Waals surface area contributed by atoms with Crippen LogP contribution in [0.1, 0.15) is 15.9 Å². The summed E-state index contributed by atoms with van der Waals surface area (Å²) in [6.45, 7) is 1.93. The normalized spacial score (nSPS) is 10.9. The second kappa shape index (κ2) is 6.64. The number of nitrogens with one attached hydrogen (secondary N) is 1. The molecular formula is C21H15F2N3O. The third-order valence-electron chi connectivity index (χ3n) is 4.20. The zero-order chi connectivity index (χ0) is 19.0. The topological polar surface area (TPSA) is 46.4 Å². The molecule has 27 heavy (non-hydrogen) atoms. The molecule has 0 aliphatic rings. The Kier molecular flexibility index (Phi) is 4.16. The van der Waals surface area contributed by atoms with Crippen molar-refractivity contribution in [3.63, 3.8) is 0 Å². The van der Waals surface area contributed by atoms with Crippen LogP contribution < -0.4 is 5.32 Å². The molecule has 0 saturated carbocycles. The van der Waals surface area contributed by atoms with Crippen LogP contribution in [0.2, 0.25) is 0 Å². The number of aryl methyl sites for hydroxylation is 1. The molecule has 0 saturated heterocycles. The largest absolute Gasteiger partial charge is 0.306 e. The maximum atomic E-state index is 13.7. The van der Waals surface area contributed by atoms with Crippen molar-refractivity contribution in [2.45, 2.75) is 6.92 Å². The lowest BCUT2D eigenvalue weighted by Crippen LogP contribution is -2.14. The Balaban J connectivity index is 1.85. The summed E-state index contributed by atoms with van der Waals surface area (Å²) in [4.78, 5) is 17.2. The number of hydrogen-bond donors (Lipinski definition) is 1. The van der Waals surface area contributed by atoms with E-state index < -0.39 is 17.5 Å². The number of carbonyl (C=O) groups is 1. The van der Waals surface area contributed by atoms with E-state index >= 15 is 0 Å². The van der Waals surface area contributed by atoms with Gasteiger partial charge in [0.1, 0.15) is 28.8 Å². The van der Waals surface area contributed by atoms with Crippen molar-refractivity contribution >= 4 is 17.4 Å². The molecule has 0 atom stereocenters. The number of amides is 1. The minimum atomic E-state index is -0.498. The van der Waals surface area contributed by atoms with Crippen molar-refractivity contribution in [2.24, 2.45) is 0 Å². The summed E-state index contributed by atoms with van der Waals surface area (Å²) >= 11 is 0. The molecule has 1 N–H and O–H groups in total. The summed E-state index contributed by atoms with van der Waals surface area (Å²) in [6, 6.07) is 15.1. The minimum Gasteiger partial charge on any atom is -0.306 e. The maximum absolute atomic E-state index is 13.7. The highest BCUT2D eigenvalue weighted by molar-refractivity contribution is 6.05. The smallest absolute Gasteiger partial charge is 0.256 e. The predicted octanol–water partition coefficient (Wildman–Crippen LogP) is 4.84. The summed E-state index contributed by atoms with van der Waals surface area (Å²) in [6.07, 6.45) is 1.78. The number of hydrogen-bond acceptors (Lipinski definition) is 2. The first-order valence-corrected chi connectivity index (χ1v) is 8.33. The van der Waals surface area contributed by atoms with Gasteiger partial charge in [-0.05, 0) is 55.0 Å². The second-order valence-corrected chi connectivity index (χ2v) is 6.22. The average molecular weight is 363 g/mol. The molecule has 0 spiro atoms. The number of halogens is 2. The molecule has 4 nitrogen and oxygen atoms in total. The van der Waals surface area contributed by atoms with Crippen LogP contribution in [0.15, 0.2) is 66.9 Å². The van der Waals surface area contributed by atoms with E-state index in [2.05, 4.69) is 10.3 Å². The molecule has 2 aromatic heterocycles. The average Bonchev–Trinajstić information content (AvgIpc) is 2.99. The molecule has 0 aliphatic heterocycles. The van der Waals surface area contributed by atoms with Gasteiger partial charge in [0.15, 0.2) is 0 Å². The van der Waals surface area contributed by atoms with Crippen molar-refractivity contribution in [1.82, 2.24) is 9.38 Å². The summed E-state index contributed by atoms with van der Waals surface area (Å²) in [5.41, 5.74) is 2.77. The number of benzene rings is 2. The van der Waals surface area contributed by atoms with Crippen LogP contribution in [0.5, 0.6) is 0 Å². The first-order chi connectivity index (χ1) is 13.0. The van der Waals surface area contributed by atoms with Gasteiger partial charge in [0.05, 0.1) is 0 Å². The number of imidazole rings is 1. The van der Waals surface area contributed by atoms with E-state index in [1.807, 2.05) is 19.1 Å². The minimum absolute atomic E-state index is 0.183. The van der Waals surface area contributed by atoms with Crippen LogP contribution in [0.3, 0.4) is 0 Å². The Morgan fingerprint density at radius 1 is 1.00 bits per heavy atom. The highest BCUT2D eigenvalue weighted by Crippen LogP contribution is 2.30. The standard InChI is InChI=1S/C21H15F2N3O/c1-13-8-9-26-18(10-13)24-19(14-4-2-6-16(22)11-14)20(26)25-21(27)15-5-3-7-17(23)12-15/h2-12H,1H3,(H,25,27). The number of pyridine rings is 1. The highest BCUT2D eigenvalue weighted by Gasteiger charge is 2.18. The van der Waals surface area contributed by atoms with Gasteiger partial charge >= 0.3 is 0 Å². The quantitative estimate of drug-likeness (QED) is 0.566. The first-order valence-electron chi connectivity index (χ1n) is 8.33. The summed E-state index contributed by atoms with van der Waals surface area (Å²) in [5.74, 6) is -0.982. The Hall–Kier alpha value is -3.54. The zero-order valence-electron chi connectivity index (χ0n) is 14.4. The second-order valence-electron chi connectivity index (χ2n) is 6.22. The van der Waals surface area contributed by atoms with E-state index in [1.165, 1.54) is 30.3 Å². The third kappa shape index (κ3) is 3.29. The lowest BCUT2D eigenvalue weighted by Gasteiger charge is -2.08. The van der Waals surface area contributed by atoms with Gasteiger partial charge in [0.25, 0.3) is 5.91 Å². The van der Waals surface area contributed by atoms with E-state index in [0.717, 1.165) is 11.6 Å². The molecule has 0 aliphatic carbocycles. The van der Waals surface area contributed by atoms with Crippen LogP contribution >= 0.6 is 0 Å². The molecule has 2 aromatic carbocycles. The molecule has 4 aromatic rings. The van der Waals surface area contributed by atoms with Crippen molar-refractivity contribution in [3.8, 4) is 11.3 Å². The Morgan fingerprint density at radius 3 is 2.48 bits per heavy atom. The first kappa shape index (κ1) is 16.9. The fourth-order valence-electron chi connectivity index (χ4n) is 2.91.